The minimum atomic E-state index is -0.0769. The van der Waals surface area contributed by atoms with E-state index in [1.165, 1.54) is 0 Å². The van der Waals surface area contributed by atoms with Crippen molar-refractivity contribution >= 4 is 16.9 Å². The number of para-hydroxylation sites is 2. The molecule has 0 aliphatic heterocycles. The van der Waals surface area contributed by atoms with Gasteiger partial charge in [0.15, 0.2) is 0 Å². The zero-order valence-electron chi connectivity index (χ0n) is 19.4. The fourth-order valence-electron chi connectivity index (χ4n) is 3.87. The fourth-order valence-corrected chi connectivity index (χ4v) is 3.87. The third-order valence-corrected chi connectivity index (χ3v) is 5.62. The summed E-state index contributed by atoms with van der Waals surface area (Å²) < 4.78 is 13.4. The van der Waals surface area contributed by atoms with E-state index in [9.17, 15) is 4.79 Å². The number of hydrogen-bond acceptors (Lipinski definition) is 5. The molecule has 2 aromatic heterocycles. The van der Waals surface area contributed by atoms with Crippen LogP contribution in [0.15, 0.2) is 73.1 Å². The molecule has 0 saturated heterocycles. The van der Waals surface area contributed by atoms with Gasteiger partial charge in [-0.15, -0.1) is 0 Å². The first kappa shape index (κ1) is 23.3. The molecule has 2 aromatic carbocycles. The van der Waals surface area contributed by atoms with Crippen LogP contribution in [0.3, 0.4) is 0 Å². The van der Waals surface area contributed by atoms with Crippen molar-refractivity contribution < 1.29 is 14.3 Å². The first-order valence-corrected chi connectivity index (χ1v) is 11.6. The number of nitrogens with one attached hydrogen (secondary N) is 1. The molecule has 0 fully saturated rings. The van der Waals surface area contributed by atoms with E-state index >= 15 is 0 Å². The molecule has 0 radical (unpaired) electrons. The quantitative estimate of drug-likeness (QED) is 0.312. The highest BCUT2D eigenvalue weighted by Crippen LogP contribution is 2.20. The fraction of sp³-hybridized carbons (Fsp3) is 0.296. The van der Waals surface area contributed by atoms with Gasteiger partial charge in [-0.3, -0.25) is 9.78 Å². The number of imidazole rings is 1. The van der Waals surface area contributed by atoms with E-state index in [0.717, 1.165) is 60.6 Å². The molecule has 4 rings (SSSR count). The van der Waals surface area contributed by atoms with Gasteiger partial charge in [0.25, 0.3) is 5.91 Å². The Hall–Kier alpha value is -3.87. The molecule has 0 aliphatic rings. The van der Waals surface area contributed by atoms with Crippen molar-refractivity contribution in [1.82, 2.24) is 19.9 Å². The number of nitrogens with zero attached hydrogens (tertiary/aromatic N) is 3. The Morgan fingerprint density at radius 2 is 1.79 bits per heavy atom. The molecule has 2 heterocycles. The van der Waals surface area contributed by atoms with Crippen molar-refractivity contribution in [2.45, 2.75) is 32.2 Å². The normalized spacial score (nSPS) is 10.9. The first-order chi connectivity index (χ1) is 16.7. The van der Waals surface area contributed by atoms with Crippen LogP contribution in [0.2, 0.25) is 0 Å². The Balaban J connectivity index is 1.28. The van der Waals surface area contributed by atoms with E-state index in [0.29, 0.717) is 18.7 Å². The van der Waals surface area contributed by atoms with E-state index in [1.54, 1.807) is 31.6 Å². The number of aromatic nitrogens is 3. The minimum Gasteiger partial charge on any atom is -0.497 e. The number of aryl methyl sites for hydroxylation is 2. The Morgan fingerprint density at radius 1 is 0.971 bits per heavy atom. The number of amides is 1. The number of carbonyl (C=O) groups is 1. The summed E-state index contributed by atoms with van der Waals surface area (Å²) in [5.41, 5.74) is 2.77. The van der Waals surface area contributed by atoms with Crippen molar-refractivity contribution in [3.05, 3.63) is 84.4 Å². The highest BCUT2D eigenvalue weighted by atomic mass is 16.5. The maximum atomic E-state index is 12.2. The summed E-state index contributed by atoms with van der Waals surface area (Å²) in [5.74, 6) is 2.59. The lowest BCUT2D eigenvalue weighted by Gasteiger charge is -2.11. The van der Waals surface area contributed by atoms with E-state index in [2.05, 4.69) is 20.9 Å². The third-order valence-electron chi connectivity index (χ3n) is 5.62. The van der Waals surface area contributed by atoms with Crippen LogP contribution >= 0.6 is 0 Å². The van der Waals surface area contributed by atoms with Crippen LogP contribution in [0.1, 0.15) is 35.4 Å². The molecule has 0 unspecified atom stereocenters. The SMILES string of the molecule is COc1cccc(OCCCCn2c(CCCNC(=O)c3ccncc3)nc3ccccc32)c1. The van der Waals surface area contributed by atoms with Crippen LogP contribution in [0.25, 0.3) is 11.0 Å². The van der Waals surface area contributed by atoms with E-state index in [1.807, 2.05) is 42.5 Å². The van der Waals surface area contributed by atoms with Crippen LogP contribution in [-0.4, -0.2) is 40.7 Å². The molecule has 0 saturated carbocycles. The van der Waals surface area contributed by atoms with Gasteiger partial charge in [-0.05, 0) is 55.7 Å². The van der Waals surface area contributed by atoms with Gasteiger partial charge in [0, 0.05) is 43.5 Å². The molecule has 1 amide bonds. The number of unbranched alkanes of at least 4 members (excludes halogenated alkanes) is 1. The smallest absolute Gasteiger partial charge is 0.251 e. The first-order valence-electron chi connectivity index (χ1n) is 11.6. The van der Waals surface area contributed by atoms with Gasteiger partial charge in [-0.2, -0.15) is 0 Å². The molecule has 7 nitrogen and oxygen atoms in total. The average molecular weight is 459 g/mol. The molecular formula is C27H30N4O3. The molecule has 0 spiro atoms. The van der Waals surface area contributed by atoms with Crippen molar-refractivity contribution in [3.8, 4) is 11.5 Å². The number of benzene rings is 2. The lowest BCUT2D eigenvalue weighted by atomic mass is 10.2. The molecule has 34 heavy (non-hydrogen) atoms. The topological polar surface area (TPSA) is 78.3 Å². The Labute approximate surface area is 199 Å². The van der Waals surface area contributed by atoms with Crippen LogP contribution in [-0.2, 0) is 13.0 Å². The van der Waals surface area contributed by atoms with Gasteiger partial charge < -0.3 is 19.4 Å². The van der Waals surface area contributed by atoms with Gasteiger partial charge in [0.05, 0.1) is 24.8 Å². The molecule has 4 aromatic rings. The number of methoxy groups -OCH3 is 1. The van der Waals surface area contributed by atoms with Crippen LogP contribution in [0, 0.1) is 0 Å². The lowest BCUT2D eigenvalue weighted by molar-refractivity contribution is 0.0953. The predicted octanol–water partition coefficient (Wildman–Crippen LogP) is 4.66. The minimum absolute atomic E-state index is 0.0769. The summed E-state index contributed by atoms with van der Waals surface area (Å²) in [6.07, 6.45) is 6.78. The average Bonchev–Trinajstić information content (AvgIpc) is 3.24. The Kier molecular flexibility index (Phi) is 8.11. The molecule has 0 atom stereocenters. The second-order valence-electron chi connectivity index (χ2n) is 8.00. The van der Waals surface area contributed by atoms with Gasteiger partial charge in [-0.25, -0.2) is 4.98 Å². The monoisotopic (exact) mass is 458 g/mol. The second-order valence-corrected chi connectivity index (χ2v) is 8.00. The Morgan fingerprint density at radius 3 is 2.65 bits per heavy atom. The van der Waals surface area contributed by atoms with Crippen molar-refractivity contribution in [3.63, 3.8) is 0 Å². The third kappa shape index (κ3) is 6.13. The van der Waals surface area contributed by atoms with Crippen LogP contribution in [0.5, 0.6) is 11.5 Å². The summed E-state index contributed by atoms with van der Waals surface area (Å²) in [4.78, 5) is 21.0. The van der Waals surface area contributed by atoms with Gasteiger partial charge in [0.2, 0.25) is 0 Å². The number of rotatable bonds is 12. The van der Waals surface area contributed by atoms with Crippen LogP contribution in [0.4, 0.5) is 0 Å². The zero-order valence-corrected chi connectivity index (χ0v) is 19.4. The van der Waals surface area contributed by atoms with Crippen LogP contribution < -0.4 is 14.8 Å². The summed E-state index contributed by atoms with van der Waals surface area (Å²) in [5, 5.41) is 2.98. The molecular weight excluding hydrogens is 428 g/mol. The summed E-state index contributed by atoms with van der Waals surface area (Å²) >= 11 is 0. The van der Waals surface area contributed by atoms with Gasteiger partial charge in [0.1, 0.15) is 17.3 Å². The van der Waals surface area contributed by atoms with Crippen molar-refractivity contribution in [2.75, 3.05) is 20.3 Å². The highest BCUT2D eigenvalue weighted by molar-refractivity contribution is 5.93. The molecule has 0 aliphatic carbocycles. The second kappa shape index (κ2) is 11.8. The number of carbonyl (C=O) groups excluding carboxylic acids is 1. The van der Waals surface area contributed by atoms with E-state index in [4.69, 9.17) is 14.5 Å². The van der Waals surface area contributed by atoms with E-state index < -0.39 is 0 Å². The zero-order chi connectivity index (χ0) is 23.6. The number of pyridine rings is 1. The standard InChI is InChI=1S/C27H30N4O3/c1-33-22-8-6-9-23(20-22)34-19-5-4-18-31-25-11-3-2-10-24(25)30-26(31)12-7-15-29-27(32)21-13-16-28-17-14-21/h2-3,6,8-11,13-14,16-17,20H,4-5,7,12,15,18-19H2,1H3,(H,29,32). The van der Waals surface area contributed by atoms with Gasteiger partial charge >= 0.3 is 0 Å². The van der Waals surface area contributed by atoms with Crippen molar-refractivity contribution in [1.29, 1.82) is 0 Å². The molecule has 7 heteroatoms. The van der Waals surface area contributed by atoms with E-state index in [-0.39, 0.29) is 5.91 Å². The molecule has 1 N–H and O–H groups in total. The molecule has 176 valence electrons. The number of hydrogen-bond donors (Lipinski definition) is 1. The largest absolute Gasteiger partial charge is 0.497 e. The van der Waals surface area contributed by atoms with Gasteiger partial charge in [-0.1, -0.05) is 18.2 Å². The predicted molar refractivity (Wildman–Crippen MR) is 132 cm³/mol. The molecule has 0 bridgehead atoms. The highest BCUT2D eigenvalue weighted by Gasteiger charge is 2.11. The Bertz CT molecular complexity index is 1210. The summed E-state index contributed by atoms with van der Waals surface area (Å²) in [6, 6.07) is 19.3. The summed E-state index contributed by atoms with van der Waals surface area (Å²) in [6.45, 7) is 2.12. The summed E-state index contributed by atoms with van der Waals surface area (Å²) in [7, 11) is 1.65. The van der Waals surface area contributed by atoms with Crippen molar-refractivity contribution in [2.24, 2.45) is 0 Å². The number of ether oxygens (including phenoxy) is 2. The lowest BCUT2D eigenvalue weighted by Crippen LogP contribution is -2.25. The maximum Gasteiger partial charge on any atom is 0.251 e. The number of fused-ring (bicyclic) bond motifs is 1. The maximum absolute atomic E-state index is 12.2.